The second-order valence-corrected chi connectivity index (χ2v) is 16.8. The molecule has 0 saturated carbocycles. The molecule has 0 bridgehead atoms. The highest BCUT2D eigenvalue weighted by atomic mass is 15.0. The van der Waals surface area contributed by atoms with Gasteiger partial charge in [0.1, 0.15) is 0 Å². The van der Waals surface area contributed by atoms with Crippen LogP contribution in [0.5, 0.6) is 0 Å². The molecule has 0 aliphatic carbocycles. The molecule has 302 valence electrons. The van der Waals surface area contributed by atoms with Crippen molar-refractivity contribution in [2.45, 2.75) is 0 Å². The van der Waals surface area contributed by atoms with Gasteiger partial charge in [-0.05, 0) is 75.0 Å². The van der Waals surface area contributed by atoms with E-state index in [4.69, 9.17) is 15.0 Å². The Labute approximate surface area is 375 Å². The van der Waals surface area contributed by atoms with Crippen molar-refractivity contribution in [3.63, 3.8) is 0 Å². The first kappa shape index (κ1) is 36.9. The van der Waals surface area contributed by atoms with Crippen LogP contribution in [0.25, 0.3) is 127 Å². The lowest BCUT2D eigenvalue weighted by atomic mass is 9.93. The minimum absolute atomic E-state index is 0.678. The predicted molar refractivity (Wildman–Crippen MR) is 271 cm³/mol. The summed E-state index contributed by atoms with van der Waals surface area (Å²) in [5.41, 5.74) is 13.4. The van der Waals surface area contributed by atoms with Crippen molar-refractivity contribution < 1.29 is 0 Å². The Balaban J connectivity index is 0.982. The van der Waals surface area contributed by atoms with Crippen molar-refractivity contribution in [3.8, 4) is 62.0 Å². The Kier molecular flexibility index (Phi) is 8.50. The molecule has 13 aromatic rings. The number of fused-ring (bicyclic) bond motifs is 9. The fourth-order valence-electron chi connectivity index (χ4n) is 9.84. The monoisotopic (exact) mass is 826 g/mol. The zero-order chi connectivity index (χ0) is 42.8. The van der Waals surface area contributed by atoms with E-state index in [1.165, 1.54) is 43.2 Å². The number of rotatable bonds is 6. The molecule has 0 fully saturated rings. The van der Waals surface area contributed by atoms with E-state index in [9.17, 15) is 0 Å². The number of hydrogen-bond acceptors (Lipinski definition) is 3. The first-order valence-corrected chi connectivity index (χ1v) is 22.1. The molecule has 0 aliphatic heterocycles. The molecule has 0 atom stereocenters. The lowest BCUT2D eigenvalue weighted by Crippen LogP contribution is -1.96. The number of pyridine rings is 1. The molecule has 0 aliphatic rings. The predicted octanol–water partition coefficient (Wildman–Crippen LogP) is 15.9. The van der Waals surface area contributed by atoms with Crippen LogP contribution in [0, 0.1) is 0 Å². The molecule has 10 aromatic carbocycles. The number of para-hydroxylation sites is 3. The Hall–Kier alpha value is -8.73. The molecule has 0 radical (unpaired) electrons. The van der Waals surface area contributed by atoms with Crippen LogP contribution in [-0.4, -0.2) is 19.5 Å². The minimum Gasteiger partial charge on any atom is -0.309 e. The topological polar surface area (TPSA) is 43.6 Å². The molecular formula is C61H38N4. The van der Waals surface area contributed by atoms with Gasteiger partial charge in [-0.1, -0.05) is 188 Å². The number of hydrogen-bond donors (Lipinski definition) is 0. The van der Waals surface area contributed by atoms with Gasteiger partial charge < -0.3 is 4.57 Å². The quantitative estimate of drug-likeness (QED) is 0.157. The lowest BCUT2D eigenvalue weighted by molar-refractivity contribution is 1.18. The van der Waals surface area contributed by atoms with Crippen LogP contribution in [0.15, 0.2) is 231 Å². The van der Waals surface area contributed by atoms with Gasteiger partial charge in [0.15, 0.2) is 5.82 Å². The van der Waals surface area contributed by atoms with Crippen molar-refractivity contribution in [2.24, 2.45) is 0 Å². The van der Waals surface area contributed by atoms with Crippen LogP contribution in [0.1, 0.15) is 0 Å². The maximum atomic E-state index is 5.67. The molecule has 3 heterocycles. The summed E-state index contributed by atoms with van der Waals surface area (Å²) in [6.07, 6.45) is 0. The summed E-state index contributed by atoms with van der Waals surface area (Å²) >= 11 is 0. The number of benzene rings is 10. The zero-order valence-electron chi connectivity index (χ0n) is 35.2. The van der Waals surface area contributed by atoms with E-state index in [-0.39, 0.29) is 0 Å². The third kappa shape index (κ3) is 6.18. The van der Waals surface area contributed by atoms with Crippen LogP contribution in [-0.2, 0) is 0 Å². The number of nitrogens with zero attached hydrogens (tertiary/aromatic N) is 4. The van der Waals surface area contributed by atoms with E-state index in [1.807, 2.05) is 0 Å². The molecule has 0 amide bonds. The molecule has 0 N–H and O–H groups in total. The fourth-order valence-corrected chi connectivity index (χ4v) is 9.84. The van der Waals surface area contributed by atoms with Crippen LogP contribution in [0.3, 0.4) is 0 Å². The van der Waals surface area contributed by atoms with Gasteiger partial charge in [-0.25, -0.2) is 15.0 Å². The van der Waals surface area contributed by atoms with Crippen molar-refractivity contribution >= 4 is 65.0 Å². The average molecular weight is 827 g/mol. The van der Waals surface area contributed by atoms with Gasteiger partial charge >= 0.3 is 0 Å². The average Bonchev–Trinajstić information content (AvgIpc) is 3.73. The third-order valence-corrected chi connectivity index (χ3v) is 13.0. The summed E-state index contributed by atoms with van der Waals surface area (Å²) in [6.45, 7) is 0. The third-order valence-electron chi connectivity index (χ3n) is 13.0. The first-order chi connectivity index (χ1) is 32.2. The molecule has 3 aromatic heterocycles. The van der Waals surface area contributed by atoms with E-state index in [1.54, 1.807) is 0 Å². The molecule has 4 heteroatoms. The van der Waals surface area contributed by atoms with E-state index >= 15 is 0 Å². The maximum absolute atomic E-state index is 5.67. The fraction of sp³-hybridized carbons (Fsp3) is 0. The summed E-state index contributed by atoms with van der Waals surface area (Å²) < 4.78 is 2.38. The Morgan fingerprint density at radius 1 is 0.308 bits per heavy atom. The van der Waals surface area contributed by atoms with Crippen LogP contribution in [0.2, 0.25) is 0 Å². The summed E-state index contributed by atoms with van der Waals surface area (Å²) in [5.74, 6) is 0.678. The maximum Gasteiger partial charge on any atom is 0.160 e. The van der Waals surface area contributed by atoms with Crippen LogP contribution in [0.4, 0.5) is 0 Å². The van der Waals surface area contributed by atoms with Crippen LogP contribution >= 0.6 is 0 Å². The van der Waals surface area contributed by atoms with Crippen LogP contribution < -0.4 is 0 Å². The molecule has 0 spiro atoms. The van der Waals surface area contributed by atoms with E-state index < -0.39 is 0 Å². The van der Waals surface area contributed by atoms with Gasteiger partial charge in [0.25, 0.3) is 0 Å². The Bertz CT molecular complexity index is 3890. The molecule has 65 heavy (non-hydrogen) atoms. The highest BCUT2D eigenvalue weighted by molar-refractivity contribution is 6.29. The van der Waals surface area contributed by atoms with E-state index in [2.05, 4.69) is 235 Å². The second kappa shape index (κ2) is 15.0. The summed E-state index contributed by atoms with van der Waals surface area (Å²) in [6, 6.07) is 82.1. The van der Waals surface area contributed by atoms with Gasteiger partial charge in [0, 0.05) is 55.0 Å². The largest absolute Gasteiger partial charge is 0.309 e. The van der Waals surface area contributed by atoms with Crippen molar-refractivity contribution in [2.75, 3.05) is 0 Å². The van der Waals surface area contributed by atoms with Gasteiger partial charge in [-0.3, -0.25) is 0 Å². The smallest absolute Gasteiger partial charge is 0.160 e. The molecule has 4 nitrogen and oxygen atoms in total. The van der Waals surface area contributed by atoms with Gasteiger partial charge in [0.05, 0.1) is 33.6 Å². The van der Waals surface area contributed by atoms with Gasteiger partial charge in [0.2, 0.25) is 0 Å². The Morgan fingerprint density at radius 2 is 0.877 bits per heavy atom. The second-order valence-electron chi connectivity index (χ2n) is 16.8. The van der Waals surface area contributed by atoms with Crippen molar-refractivity contribution in [1.29, 1.82) is 0 Å². The summed E-state index contributed by atoms with van der Waals surface area (Å²) in [4.78, 5) is 16.2. The SMILES string of the molecule is c1ccc(-c2nc3c(-c4ccc(-c5nc(-c6ccc7ccccc7c6)cc(-c6ccc7ccccc7c6)n5)cc4)cccc3c3ccc4c(c5ccccc5n4-c4ccccc4)c23)cc1. The first-order valence-electron chi connectivity index (χ1n) is 22.1. The van der Waals surface area contributed by atoms with Gasteiger partial charge in [-0.15, -0.1) is 0 Å². The highest BCUT2D eigenvalue weighted by Crippen LogP contribution is 2.44. The van der Waals surface area contributed by atoms with Crippen molar-refractivity contribution in [3.05, 3.63) is 231 Å². The lowest BCUT2D eigenvalue weighted by Gasteiger charge is -2.15. The molecule has 0 saturated heterocycles. The molecular weight excluding hydrogens is 789 g/mol. The highest BCUT2D eigenvalue weighted by Gasteiger charge is 2.21. The summed E-state index contributed by atoms with van der Waals surface area (Å²) in [7, 11) is 0. The van der Waals surface area contributed by atoms with E-state index in [0.717, 1.165) is 78.0 Å². The van der Waals surface area contributed by atoms with Gasteiger partial charge in [-0.2, -0.15) is 0 Å². The summed E-state index contributed by atoms with van der Waals surface area (Å²) in [5, 5.41) is 10.6. The molecule has 13 rings (SSSR count). The van der Waals surface area contributed by atoms with Crippen molar-refractivity contribution in [1.82, 2.24) is 19.5 Å². The molecule has 0 unspecified atom stereocenters. The minimum atomic E-state index is 0.678. The van der Waals surface area contributed by atoms with E-state index in [0.29, 0.717) is 5.82 Å². The Morgan fingerprint density at radius 3 is 1.57 bits per heavy atom. The number of aromatic nitrogens is 4. The zero-order valence-corrected chi connectivity index (χ0v) is 35.2. The normalized spacial score (nSPS) is 11.7. The standard InChI is InChI=1S/C61H38N4/c1-3-16-42(17-4-1)59-58-50(34-35-56-57(58)52-22-11-12-25-55(52)65(56)48-20-5-2-6-21-48)51-24-13-23-49(60(51)64-59)41-28-30-43(31-29-41)61-62-53(46-32-26-39-14-7-9-18-44(39)36-46)38-54(63-61)47-33-27-40-15-8-10-19-45(40)37-47/h1-38H.